The van der Waals surface area contributed by atoms with Crippen molar-refractivity contribution in [1.29, 1.82) is 0 Å². The maximum absolute atomic E-state index is 13.5. The molecule has 37 heavy (non-hydrogen) atoms. The van der Waals surface area contributed by atoms with Crippen LogP contribution in [0.25, 0.3) is 0 Å². The van der Waals surface area contributed by atoms with Crippen molar-refractivity contribution in [3.05, 3.63) is 82.9 Å². The maximum atomic E-state index is 13.5. The molecule has 2 amide bonds. The second kappa shape index (κ2) is 12.0. The molecule has 1 N–H and O–H groups in total. The number of carbonyl (C=O) groups is 2. The van der Waals surface area contributed by atoms with Crippen molar-refractivity contribution < 1.29 is 14.3 Å². The van der Waals surface area contributed by atoms with E-state index in [0.29, 0.717) is 34.9 Å². The van der Waals surface area contributed by atoms with Crippen LogP contribution in [0.3, 0.4) is 0 Å². The zero-order valence-electron chi connectivity index (χ0n) is 21.5. The average Bonchev–Trinajstić information content (AvgIpc) is 2.93. The Labute approximate surface area is 223 Å². The number of hydrogen-bond acceptors (Lipinski definition) is 5. The van der Waals surface area contributed by atoms with E-state index in [1.54, 1.807) is 42.3 Å². The van der Waals surface area contributed by atoms with Gasteiger partial charge in [0, 0.05) is 61.2 Å². The number of halogens is 1. The molecule has 0 saturated carbocycles. The van der Waals surface area contributed by atoms with Crippen LogP contribution < -0.4 is 19.9 Å². The largest absolute Gasteiger partial charge is 0.495 e. The van der Waals surface area contributed by atoms with Crippen molar-refractivity contribution in [2.75, 3.05) is 61.5 Å². The molecule has 1 heterocycles. The van der Waals surface area contributed by atoms with Crippen LogP contribution in [0.1, 0.15) is 34.6 Å². The van der Waals surface area contributed by atoms with Gasteiger partial charge in [0.2, 0.25) is 0 Å². The Kier molecular flexibility index (Phi) is 8.56. The number of anilines is 3. The lowest BCUT2D eigenvalue weighted by atomic mass is 10.1. The van der Waals surface area contributed by atoms with Gasteiger partial charge >= 0.3 is 0 Å². The van der Waals surface area contributed by atoms with Gasteiger partial charge in [0.25, 0.3) is 11.8 Å². The molecule has 0 bridgehead atoms. The second-order valence-corrected chi connectivity index (χ2v) is 9.26. The maximum Gasteiger partial charge on any atom is 0.256 e. The van der Waals surface area contributed by atoms with Crippen LogP contribution in [0.4, 0.5) is 17.1 Å². The Balaban J connectivity index is 1.58. The number of piperazine rings is 1. The lowest BCUT2D eigenvalue weighted by molar-refractivity contribution is 0.0773. The van der Waals surface area contributed by atoms with Crippen molar-refractivity contribution in [3.63, 3.8) is 0 Å². The van der Waals surface area contributed by atoms with Gasteiger partial charge in [-0.25, -0.2) is 0 Å². The normalized spacial score (nSPS) is 13.3. The fourth-order valence-corrected chi connectivity index (χ4v) is 4.84. The highest BCUT2D eigenvalue weighted by molar-refractivity contribution is 6.31. The Morgan fingerprint density at radius 3 is 2.22 bits per heavy atom. The summed E-state index contributed by atoms with van der Waals surface area (Å²) in [5.74, 6) is 0.529. The van der Waals surface area contributed by atoms with Crippen LogP contribution in [0.5, 0.6) is 5.75 Å². The Hall–Kier alpha value is -3.71. The minimum atomic E-state index is -0.276. The molecule has 1 saturated heterocycles. The molecule has 3 aromatic rings. The summed E-state index contributed by atoms with van der Waals surface area (Å²) >= 11 is 6.05. The summed E-state index contributed by atoms with van der Waals surface area (Å²) in [5, 5.41) is 3.41. The molecule has 8 heteroatoms. The third-order valence-corrected chi connectivity index (χ3v) is 6.90. The minimum absolute atomic E-state index is 0.0500. The third-order valence-electron chi connectivity index (χ3n) is 6.67. The zero-order chi connectivity index (χ0) is 26.4. The number of ether oxygens (including phenoxy) is 1. The topological polar surface area (TPSA) is 65.1 Å². The predicted molar refractivity (Wildman–Crippen MR) is 151 cm³/mol. The lowest BCUT2D eigenvalue weighted by Crippen LogP contribution is -2.47. The number of rotatable bonds is 8. The number of benzene rings is 3. The van der Waals surface area contributed by atoms with Gasteiger partial charge in [0.15, 0.2) is 0 Å². The van der Waals surface area contributed by atoms with Crippen molar-refractivity contribution in [2.45, 2.75) is 13.8 Å². The fraction of sp³-hybridized carbons (Fsp3) is 0.310. The van der Waals surface area contributed by atoms with E-state index in [1.807, 2.05) is 44.2 Å². The average molecular weight is 521 g/mol. The summed E-state index contributed by atoms with van der Waals surface area (Å²) < 4.78 is 5.55. The van der Waals surface area contributed by atoms with Crippen LogP contribution in [-0.4, -0.2) is 63.1 Å². The quantitative estimate of drug-likeness (QED) is 0.430. The monoisotopic (exact) mass is 520 g/mol. The van der Waals surface area contributed by atoms with Gasteiger partial charge in [-0.15, -0.1) is 0 Å². The summed E-state index contributed by atoms with van der Waals surface area (Å²) in [6.45, 7) is 8.26. The smallest absolute Gasteiger partial charge is 0.256 e. The molecule has 0 spiro atoms. The fourth-order valence-electron chi connectivity index (χ4n) is 4.65. The molecule has 0 aliphatic carbocycles. The van der Waals surface area contributed by atoms with E-state index in [2.05, 4.69) is 21.2 Å². The SMILES string of the molecule is CCN(CC)C(=O)c1cc(NC(=O)c2cccc(Cl)c2)ccc1N1CCN(c2ccccc2OC)CC1. The Morgan fingerprint density at radius 2 is 1.57 bits per heavy atom. The molecule has 4 rings (SSSR count). The summed E-state index contributed by atoms with van der Waals surface area (Å²) in [5.41, 5.74) is 3.55. The number of methoxy groups -OCH3 is 1. The molecular formula is C29H33ClN4O3. The highest BCUT2D eigenvalue weighted by Crippen LogP contribution is 2.31. The van der Waals surface area contributed by atoms with E-state index in [4.69, 9.17) is 16.3 Å². The molecule has 0 aromatic heterocycles. The molecule has 1 fully saturated rings. The molecule has 1 aliphatic rings. The summed E-state index contributed by atoms with van der Waals surface area (Å²) in [7, 11) is 1.69. The van der Waals surface area contributed by atoms with Gasteiger partial charge in [0.05, 0.1) is 18.4 Å². The number of nitrogens with zero attached hydrogens (tertiary/aromatic N) is 3. The van der Waals surface area contributed by atoms with E-state index in [0.717, 1.165) is 43.3 Å². The minimum Gasteiger partial charge on any atom is -0.495 e. The number of para-hydroxylation sites is 2. The number of nitrogens with one attached hydrogen (secondary N) is 1. The zero-order valence-corrected chi connectivity index (χ0v) is 22.3. The Morgan fingerprint density at radius 1 is 0.892 bits per heavy atom. The van der Waals surface area contributed by atoms with E-state index in [9.17, 15) is 9.59 Å². The molecular weight excluding hydrogens is 488 g/mol. The van der Waals surface area contributed by atoms with Crippen molar-refractivity contribution in [1.82, 2.24) is 4.90 Å². The van der Waals surface area contributed by atoms with E-state index < -0.39 is 0 Å². The van der Waals surface area contributed by atoms with Crippen molar-refractivity contribution in [3.8, 4) is 5.75 Å². The lowest BCUT2D eigenvalue weighted by Gasteiger charge is -2.38. The molecule has 0 radical (unpaired) electrons. The molecule has 194 valence electrons. The molecule has 3 aromatic carbocycles. The van der Waals surface area contributed by atoms with Crippen LogP contribution in [0.2, 0.25) is 5.02 Å². The van der Waals surface area contributed by atoms with Gasteiger partial charge in [0.1, 0.15) is 5.75 Å². The first-order valence-corrected chi connectivity index (χ1v) is 13.0. The van der Waals surface area contributed by atoms with Crippen LogP contribution >= 0.6 is 11.6 Å². The predicted octanol–water partition coefficient (Wildman–Crippen LogP) is 5.41. The van der Waals surface area contributed by atoms with Gasteiger partial charge in [-0.3, -0.25) is 9.59 Å². The molecule has 0 unspecified atom stereocenters. The van der Waals surface area contributed by atoms with Crippen molar-refractivity contribution in [2.24, 2.45) is 0 Å². The first kappa shape index (κ1) is 26.4. The molecule has 1 aliphatic heterocycles. The van der Waals surface area contributed by atoms with E-state index in [-0.39, 0.29) is 11.8 Å². The van der Waals surface area contributed by atoms with Gasteiger partial charge < -0.3 is 24.8 Å². The van der Waals surface area contributed by atoms with Crippen molar-refractivity contribution >= 4 is 40.5 Å². The number of hydrogen-bond donors (Lipinski definition) is 1. The second-order valence-electron chi connectivity index (χ2n) is 8.82. The van der Waals surface area contributed by atoms with Gasteiger partial charge in [-0.2, -0.15) is 0 Å². The highest BCUT2D eigenvalue weighted by atomic mass is 35.5. The Bertz CT molecular complexity index is 1250. The van der Waals surface area contributed by atoms with Crippen LogP contribution in [-0.2, 0) is 0 Å². The van der Waals surface area contributed by atoms with E-state index >= 15 is 0 Å². The highest BCUT2D eigenvalue weighted by Gasteiger charge is 2.25. The summed E-state index contributed by atoms with van der Waals surface area (Å²) in [6.07, 6.45) is 0. The summed E-state index contributed by atoms with van der Waals surface area (Å²) in [4.78, 5) is 32.7. The van der Waals surface area contributed by atoms with E-state index in [1.165, 1.54) is 0 Å². The van der Waals surface area contributed by atoms with Crippen LogP contribution in [0.15, 0.2) is 66.7 Å². The number of amides is 2. The third kappa shape index (κ3) is 6.00. The summed E-state index contributed by atoms with van der Waals surface area (Å²) in [6, 6.07) is 20.4. The van der Waals surface area contributed by atoms with Crippen LogP contribution in [0, 0.1) is 0 Å². The van der Waals surface area contributed by atoms with Gasteiger partial charge in [-0.1, -0.05) is 29.8 Å². The van der Waals surface area contributed by atoms with Gasteiger partial charge in [-0.05, 0) is 62.4 Å². The standard InChI is InChI=1S/C29H33ClN4O3/c1-4-32(5-2)29(36)24-20-23(31-28(35)21-9-8-10-22(30)19-21)13-14-25(24)33-15-17-34(18-16-33)26-11-6-7-12-27(26)37-3/h6-14,19-20H,4-5,15-18H2,1-3H3,(H,31,35). The molecule has 0 atom stereocenters. The first-order valence-electron chi connectivity index (χ1n) is 12.6. The first-order chi connectivity index (χ1) is 17.9. The molecule has 7 nitrogen and oxygen atoms in total. The number of carbonyl (C=O) groups excluding carboxylic acids is 2.